The van der Waals surface area contributed by atoms with Crippen LogP contribution in [0.25, 0.3) is 11.1 Å². The molecule has 3 fully saturated rings. The molecule has 1 aliphatic carbocycles. The number of carbonyl (C=O) groups is 1. The molecule has 2 bridgehead atoms. The van der Waals surface area contributed by atoms with Gasteiger partial charge in [0.05, 0.1) is 12.1 Å². The zero-order chi connectivity index (χ0) is 20.2. The van der Waals surface area contributed by atoms with Gasteiger partial charge in [-0.15, -0.1) is 0 Å². The van der Waals surface area contributed by atoms with Gasteiger partial charge < -0.3 is 10.6 Å². The monoisotopic (exact) mass is 385 g/mol. The summed E-state index contributed by atoms with van der Waals surface area (Å²) in [4.78, 5) is 16.7. The number of benzene rings is 1. The molecule has 1 aromatic heterocycles. The summed E-state index contributed by atoms with van der Waals surface area (Å²) in [5.41, 5.74) is 3.26. The molecule has 1 aromatic carbocycles. The van der Waals surface area contributed by atoms with Crippen LogP contribution >= 0.6 is 0 Å². The molecule has 3 heterocycles. The van der Waals surface area contributed by atoms with E-state index in [0.29, 0.717) is 24.1 Å². The van der Waals surface area contributed by atoms with Gasteiger partial charge in [-0.25, -0.2) is 4.98 Å². The van der Waals surface area contributed by atoms with Gasteiger partial charge in [0.15, 0.2) is 0 Å². The Hall–Kier alpha value is -3.22. The fraction of sp³-hybridized carbons (Fsp3) is 0.391. The Bertz CT molecular complexity index is 964. The minimum atomic E-state index is -0.554. The lowest BCUT2D eigenvalue weighted by molar-refractivity contribution is -0.127. The molecule has 3 aliphatic rings. The summed E-state index contributed by atoms with van der Waals surface area (Å²) < 4.78 is 0. The number of aromatic nitrogens is 1. The summed E-state index contributed by atoms with van der Waals surface area (Å²) >= 11 is 0. The van der Waals surface area contributed by atoms with Crippen molar-refractivity contribution in [3.05, 3.63) is 53.9 Å². The summed E-state index contributed by atoms with van der Waals surface area (Å²) in [6.45, 7) is 0. The van der Waals surface area contributed by atoms with Crippen LogP contribution in [0.2, 0.25) is 0 Å². The maximum Gasteiger partial charge on any atom is 0.238 e. The molecule has 0 spiro atoms. The maximum atomic E-state index is 12.7. The third-order valence-electron chi connectivity index (χ3n) is 6.01. The number of rotatable bonds is 5. The fourth-order valence-corrected chi connectivity index (χ4v) is 4.43. The van der Waals surface area contributed by atoms with Crippen molar-refractivity contribution in [2.45, 2.75) is 50.2 Å². The summed E-state index contributed by atoms with van der Waals surface area (Å²) in [6.07, 6.45) is 6.57. The topological polar surface area (TPSA) is 102 Å². The van der Waals surface area contributed by atoms with E-state index in [-0.39, 0.29) is 11.9 Å². The van der Waals surface area contributed by atoms with Gasteiger partial charge in [-0.2, -0.15) is 10.5 Å². The van der Waals surface area contributed by atoms with Crippen molar-refractivity contribution in [1.29, 1.82) is 10.5 Å². The Labute approximate surface area is 170 Å². The molecule has 6 heteroatoms. The van der Waals surface area contributed by atoms with Crippen LogP contribution in [-0.2, 0) is 11.2 Å². The van der Waals surface area contributed by atoms with Gasteiger partial charge in [-0.3, -0.25) is 4.79 Å². The van der Waals surface area contributed by atoms with Gasteiger partial charge in [0.2, 0.25) is 5.91 Å². The second-order valence-electron chi connectivity index (χ2n) is 7.89. The van der Waals surface area contributed by atoms with E-state index in [0.717, 1.165) is 42.4 Å². The number of nitriles is 2. The summed E-state index contributed by atoms with van der Waals surface area (Å²) in [5, 5.41) is 24.9. The Morgan fingerprint density at radius 2 is 1.90 bits per heavy atom. The molecular weight excluding hydrogens is 362 g/mol. The Morgan fingerprint density at radius 3 is 2.52 bits per heavy atom. The first-order valence-corrected chi connectivity index (χ1v) is 10.1. The lowest BCUT2D eigenvalue weighted by Crippen LogP contribution is -2.59. The molecule has 5 rings (SSSR count). The van der Waals surface area contributed by atoms with Crippen LogP contribution in [0.15, 0.2) is 42.6 Å². The van der Waals surface area contributed by atoms with E-state index in [2.05, 4.69) is 21.7 Å². The quantitative estimate of drug-likeness (QED) is 0.824. The lowest BCUT2D eigenvalue weighted by Gasteiger charge is -2.42. The number of hydrogen-bond acceptors (Lipinski definition) is 5. The van der Waals surface area contributed by atoms with Crippen molar-refractivity contribution in [2.75, 3.05) is 0 Å². The van der Waals surface area contributed by atoms with Crippen molar-refractivity contribution in [3.8, 4) is 23.3 Å². The molecule has 2 unspecified atom stereocenters. The molecule has 146 valence electrons. The minimum Gasteiger partial charge on any atom is -0.339 e. The minimum absolute atomic E-state index is 0.0524. The number of amides is 1. The molecule has 2 N–H and O–H groups in total. The van der Waals surface area contributed by atoms with Gasteiger partial charge in [0, 0.05) is 18.7 Å². The fourth-order valence-electron chi connectivity index (χ4n) is 4.43. The van der Waals surface area contributed by atoms with Gasteiger partial charge in [-0.1, -0.05) is 24.3 Å². The smallest absolute Gasteiger partial charge is 0.238 e. The Balaban J connectivity index is 1.39. The van der Waals surface area contributed by atoms with E-state index in [9.17, 15) is 10.1 Å². The number of hydrogen-bond donors (Lipinski definition) is 2. The van der Waals surface area contributed by atoms with E-state index in [1.54, 1.807) is 12.3 Å². The molecule has 29 heavy (non-hydrogen) atoms. The molecule has 2 atom stereocenters. The average Bonchev–Trinajstić information content (AvgIpc) is 2.79. The van der Waals surface area contributed by atoms with Crippen molar-refractivity contribution >= 4 is 5.91 Å². The first-order valence-electron chi connectivity index (χ1n) is 10.1. The predicted molar refractivity (Wildman–Crippen MR) is 108 cm³/mol. The number of nitrogens with zero attached hydrogens (tertiary/aromatic N) is 3. The second kappa shape index (κ2) is 8.43. The van der Waals surface area contributed by atoms with E-state index in [1.807, 2.05) is 36.4 Å². The van der Waals surface area contributed by atoms with Crippen molar-refractivity contribution in [1.82, 2.24) is 15.6 Å². The van der Waals surface area contributed by atoms with Gasteiger partial charge in [-0.05, 0) is 60.4 Å². The molecule has 2 aromatic rings. The Kier molecular flexibility index (Phi) is 5.55. The SMILES string of the molecule is N#Cc1cc(-c2ccc(CC(C#N)NC(=O)C3NC4CCC3CC4)cc2)ccn1. The number of nitrogens with one attached hydrogen (secondary N) is 2. The standard InChI is InChI=1S/C23H23N5O/c24-13-20-12-18(9-10-26-20)16-3-1-15(2-4-16)11-21(14-25)28-23(29)22-17-5-7-19(27-22)8-6-17/h1-4,9-10,12,17,19,21-22,27H,5-8,11H2,(H,28,29). The molecular formula is C23H23N5O. The van der Waals surface area contributed by atoms with E-state index in [1.165, 1.54) is 0 Å². The number of carbonyl (C=O) groups excluding carboxylic acids is 1. The first-order chi connectivity index (χ1) is 14.2. The van der Waals surface area contributed by atoms with Crippen molar-refractivity contribution in [3.63, 3.8) is 0 Å². The maximum absolute atomic E-state index is 12.7. The highest BCUT2D eigenvalue weighted by Gasteiger charge is 2.39. The normalized spacial score (nSPS) is 23.6. The lowest BCUT2D eigenvalue weighted by atomic mass is 9.76. The van der Waals surface area contributed by atoms with Gasteiger partial charge in [0.25, 0.3) is 0 Å². The van der Waals surface area contributed by atoms with Crippen molar-refractivity contribution < 1.29 is 4.79 Å². The van der Waals surface area contributed by atoms with Crippen LogP contribution < -0.4 is 10.6 Å². The highest BCUT2D eigenvalue weighted by molar-refractivity contribution is 5.83. The predicted octanol–water partition coefficient (Wildman–Crippen LogP) is 2.70. The molecule has 6 nitrogen and oxygen atoms in total. The molecule has 2 aliphatic heterocycles. The summed E-state index contributed by atoms with van der Waals surface area (Å²) in [5.74, 6) is 0.334. The summed E-state index contributed by atoms with van der Waals surface area (Å²) in [6, 6.07) is 15.4. The first kappa shape index (κ1) is 19.1. The molecule has 1 amide bonds. The van der Waals surface area contributed by atoms with Crippen molar-refractivity contribution in [2.24, 2.45) is 5.92 Å². The highest BCUT2D eigenvalue weighted by atomic mass is 16.2. The number of piperidine rings is 2. The van der Waals surface area contributed by atoms with Gasteiger partial charge >= 0.3 is 0 Å². The zero-order valence-corrected chi connectivity index (χ0v) is 16.1. The largest absolute Gasteiger partial charge is 0.339 e. The van der Waals surface area contributed by atoms with Crippen LogP contribution in [0, 0.1) is 28.6 Å². The second-order valence-corrected chi connectivity index (χ2v) is 7.89. The van der Waals surface area contributed by atoms with Crippen LogP contribution in [0.1, 0.15) is 36.9 Å². The molecule has 2 saturated heterocycles. The molecule has 1 saturated carbocycles. The number of fused-ring (bicyclic) bond motifs is 3. The van der Waals surface area contributed by atoms with Crippen LogP contribution in [0.3, 0.4) is 0 Å². The van der Waals surface area contributed by atoms with E-state index >= 15 is 0 Å². The number of pyridine rings is 1. The molecule has 0 radical (unpaired) electrons. The van der Waals surface area contributed by atoms with Crippen LogP contribution in [0.4, 0.5) is 0 Å². The zero-order valence-electron chi connectivity index (χ0n) is 16.1. The highest BCUT2D eigenvalue weighted by Crippen LogP contribution is 2.33. The van der Waals surface area contributed by atoms with E-state index < -0.39 is 6.04 Å². The third-order valence-corrected chi connectivity index (χ3v) is 6.01. The van der Waals surface area contributed by atoms with Crippen LogP contribution in [0.5, 0.6) is 0 Å². The Morgan fingerprint density at radius 1 is 1.14 bits per heavy atom. The summed E-state index contributed by atoms with van der Waals surface area (Å²) in [7, 11) is 0. The van der Waals surface area contributed by atoms with Crippen LogP contribution in [-0.4, -0.2) is 29.0 Å². The van der Waals surface area contributed by atoms with Gasteiger partial charge in [0.1, 0.15) is 17.8 Å². The van der Waals surface area contributed by atoms with E-state index in [4.69, 9.17) is 5.26 Å². The average molecular weight is 385 g/mol. The third kappa shape index (κ3) is 4.29.